The number of carbonyl (C=O) groups excluding carboxylic acids is 2. The second kappa shape index (κ2) is 10.4. The largest absolute Gasteiger partial charge is 0.486 e. The molecule has 2 aromatic carbocycles. The Morgan fingerprint density at radius 1 is 1.14 bits per heavy atom. The summed E-state index contributed by atoms with van der Waals surface area (Å²) in [5.74, 6) is 0.549. The maximum atomic E-state index is 13.4. The molecule has 36 heavy (non-hydrogen) atoms. The molecule has 3 heterocycles. The molecule has 0 spiro atoms. The number of ether oxygens (including phenoxy) is 1. The number of aromatic nitrogens is 1. The Morgan fingerprint density at radius 2 is 2.06 bits per heavy atom. The van der Waals surface area contributed by atoms with Gasteiger partial charge in [0.05, 0.1) is 6.61 Å². The number of nitrogens with one attached hydrogen (secondary N) is 3. The summed E-state index contributed by atoms with van der Waals surface area (Å²) in [6.07, 6.45) is 8.18. The van der Waals surface area contributed by atoms with Crippen LogP contribution in [0, 0.1) is 5.92 Å². The number of nitrogen functional groups attached to an aromatic ring is 1. The third kappa shape index (κ3) is 5.40. The molecule has 0 fully saturated rings. The molecule has 3 aromatic rings. The first-order valence-electron chi connectivity index (χ1n) is 11.9. The van der Waals surface area contributed by atoms with Gasteiger partial charge in [0.2, 0.25) is 11.8 Å². The number of amides is 2. The van der Waals surface area contributed by atoms with E-state index in [1.54, 1.807) is 6.20 Å². The SMILES string of the molecule is Nc1nccc2cc(NC3C(=O)NCc4cccc(c4)NC(=O)CCCOC4=C=CC3C=C4)ccc12. The molecule has 0 saturated carbocycles. The van der Waals surface area contributed by atoms with Gasteiger partial charge in [0.1, 0.15) is 11.9 Å². The predicted octanol–water partition coefficient (Wildman–Crippen LogP) is 3.89. The first-order chi connectivity index (χ1) is 17.5. The zero-order valence-electron chi connectivity index (χ0n) is 19.7. The Hall–Kier alpha value is -4.55. The van der Waals surface area contributed by atoms with Crippen LogP contribution in [0.25, 0.3) is 10.8 Å². The zero-order chi connectivity index (χ0) is 24.9. The van der Waals surface area contributed by atoms with Gasteiger partial charge in [0.15, 0.2) is 5.76 Å². The van der Waals surface area contributed by atoms with Crippen molar-refractivity contribution in [3.8, 4) is 0 Å². The topological polar surface area (TPSA) is 118 Å². The van der Waals surface area contributed by atoms with E-state index in [9.17, 15) is 9.59 Å². The van der Waals surface area contributed by atoms with Crippen LogP contribution in [0.2, 0.25) is 0 Å². The Balaban J connectivity index is 1.43. The number of benzene rings is 2. The molecule has 4 bridgehead atoms. The van der Waals surface area contributed by atoms with E-state index in [-0.39, 0.29) is 17.7 Å². The Morgan fingerprint density at radius 3 is 2.92 bits per heavy atom. The maximum absolute atomic E-state index is 13.4. The van der Waals surface area contributed by atoms with E-state index in [0.717, 1.165) is 22.0 Å². The number of anilines is 3. The van der Waals surface area contributed by atoms with Crippen LogP contribution < -0.4 is 21.7 Å². The van der Waals surface area contributed by atoms with Crippen LogP contribution in [0.5, 0.6) is 0 Å². The number of hydrogen-bond acceptors (Lipinski definition) is 6. The van der Waals surface area contributed by atoms with Crippen LogP contribution in [-0.2, 0) is 20.9 Å². The molecule has 5 N–H and O–H groups in total. The predicted molar refractivity (Wildman–Crippen MR) is 140 cm³/mol. The van der Waals surface area contributed by atoms with E-state index < -0.39 is 6.04 Å². The van der Waals surface area contributed by atoms with Crippen LogP contribution in [0.3, 0.4) is 0 Å². The summed E-state index contributed by atoms with van der Waals surface area (Å²) in [6.45, 7) is 0.723. The van der Waals surface area contributed by atoms with Gasteiger partial charge in [-0.3, -0.25) is 9.59 Å². The van der Waals surface area contributed by atoms with Gasteiger partial charge in [-0.05, 0) is 65.9 Å². The summed E-state index contributed by atoms with van der Waals surface area (Å²) in [6, 6.07) is 14.5. The first kappa shape index (κ1) is 23.2. The monoisotopic (exact) mass is 481 g/mol. The zero-order valence-corrected chi connectivity index (χ0v) is 19.7. The number of rotatable bonds is 2. The highest BCUT2D eigenvalue weighted by Crippen LogP contribution is 2.25. The van der Waals surface area contributed by atoms with Crippen LogP contribution in [0.4, 0.5) is 17.2 Å². The summed E-state index contributed by atoms with van der Waals surface area (Å²) in [7, 11) is 0. The van der Waals surface area contributed by atoms with Gasteiger partial charge in [-0.2, -0.15) is 0 Å². The van der Waals surface area contributed by atoms with Gasteiger partial charge in [0.25, 0.3) is 0 Å². The fourth-order valence-corrected chi connectivity index (χ4v) is 4.28. The molecule has 8 heteroatoms. The number of nitrogens with two attached hydrogens (primary N) is 1. The second-order valence-corrected chi connectivity index (χ2v) is 8.78. The van der Waals surface area contributed by atoms with E-state index in [2.05, 4.69) is 26.7 Å². The molecule has 8 nitrogen and oxygen atoms in total. The molecule has 0 saturated heterocycles. The van der Waals surface area contributed by atoms with Crippen LogP contribution >= 0.6 is 0 Å². The molecule has 2 aliphatic heterocycles. The van der Waals surface area contributed by atoms with E-state index in [0.29, 0.717) is 43.3 Å². The third-order valence-electron chi connectivity index (χ3n) is 6.16. The van der Waals surface area contributed by atoms with Crippen LogP contribution in [-0.4, -0.2) is 29.4 Å². The van der Waals surface area contributed by atoms with Crippen molar-refractivity contribution < 1.29 is 14.3 Å². The van der Waals surface area contributed by atoms with Crippen molar-refractivity contribution in [3.63, 3.8) is 0 Å². The minimum Gasteiger partial charge on any atom is -0.486 e. The van der Waals surface area contributed by atoms with Crippen LogP contribution in [0.15, 0.2) is 84.4 Å². The average molecular weight is 482 g/mol. The molecule has 182 valence electrons. The van der Waals surface area contributed by atoms with E-state index >= 15 is 0 Å². The number of hydrogen-bond donors (Lipinski definition) is 4. The molecule has 3 aliphatic rings. The highest BCUT2D eigenvalue weighted by molar-refractivity contribution is 5.94. The Kier molecular flexibility index (Phi) is 6.69. The first-order valence-corrected chi connectivity index (χ1v) is 11.9. The molecule has 0 radical (unpaired) electrons. The fourth-order valence-electron chi connectivity index (χ4n) is 4.28. The van der Waals surface area contributed by atoms with Crippen molar-refractivity contribution in [2.75, 3.05) is 23.0 Å². The highest BCUT2D eigenvalue weighted by Gasteiger charge is 2.26. The Labute approximate surface area is 208 Å². The third-order valence-corrected chi connectivity index (χ3v) is 6.16. The normalized spacial score (nSPS) is 20.2. The number of carbonyl (C=O) groups is 2. The van der Waals surface area contributed by atoms with Crippen molar-refractivity contribution >= 4 is 39.8 Å². The van der Waals surface area contributed by atoms with E-state index in [1.807, 2.05) is 66.8 Å². The van der Waals surface area contributed by atoms with Crippen molar-refractivity contribution in [2.45, 2.75) is 25.4 Å². The lowest BCUT2D eigenvalue weighted by Crippen LogP contribution is -2.43. The number of fused-ring (bicyclic) bond motifs is 9. The molecule has 2 atom stereocenters. The fraction of sp³-hybridized carbons (Fsp3) is 0.214. The maximum Gasteiger partial charge on any atom is 0.243 e. The summed E-state index contributed by atoms with van der Waals surface area (Å²) in [5.41, 5.74) is 11.5. The van der Waals surface area contributed by atoms with Crippen molar-refractivity contribution in [2.24, 2.45) is 5.92 Å². The number of pyridine rings is 1. The average Bonchev–Trinajstić information content (AvgIpc) is 2.89. The van der Waals surface area contributed by atoms with Gasteiger partial charge in [0, 0.05) is 41.8 Å². The van der Waals surface area contributed by atoms with Crippen molar-refractivity contribution in [1.29, 1.82) is 0 Å². The van der Waals surface area contributed by atoms with Gasteiger partial charge in [-0.1, -0.05) is 23.9 Å². The van der Waals surface area contributed by atoms with E-state index in [4.69, 9.17) is 10.5 Å². The molecular formula is C28H27N5O3. The van der Waals surface area contributed by atoms with E-state index in [1.165, 1.54) is 0 Å². The van der Waals surface area contributed by atoms with Gasteiger partial charge < -0.3 is 26.4 Å². The summed E-state index contributed by atoms with van der Waals surface area (Å²) in [5, 5.41) is 11.1. The Bertz CT molecular complexity index is 1410. The molecule has 2 unspecified atom stereocenters. The molecule has 2 amide bonds. The lowest BCUT2D eigenvalue weighted by molar-refractivity contribution is -0.122. The van der Waals surface area contributed by atoms with Crippen molar-refractivity contribution in [1.82, 2.24) is 10.3 Å². The summed E-state index contributed by atoms with van der Waals surface area (Å²) >= 11 is 0. The minimum atomic E-state index is -0.592. The molecule has 1 aliphatic carbocycles. The lowest BCUT2D eigenvalue weighted by Gasteiger charge is -2.25. The molecular weight excluding hydrogens is 454 g/mol. The summed E-state index contributed by atoms with van der Waals surface area (Å²) in [4.78, 5) is 29.8. The quantitative estimate of drug-likeness (QED) is 0.413. The molecule has 1 aromatic heterocycles. The number of nitrogens with zero attached hydrogens (tertiary/aromatic N) is 1. The van der Waals surface area contributed by atoms with Crippen molar-refractivity contribution in [3.05, 3.63) is 90.0 Å². The van der Waals surface area contributed by atoms with Gasteiger partial charge in [-0.25, -0.2) is 4.98 Å². The molecule has 6 rings (SSSR count). The van der Waals surface area contributed by atoms with Crippen LogP contribution in [0.1, 0.15) is 18.4 Å². The second-order valence-electron chi connectivity index (χ2n) is 8.78. The van der Waals surface area contributed by atoms with Gasteiger partial charge >= 0.3 is 0 Å². The van der Waals surface area contributed by atoms with Gasteiger partial charge in [-0.15, -0.1) is 0 Å². The lowest BCUT2D eigenvalue weighted by atomic mass is 9.95. The standard InChI is InChI=1S/C28H27N5O3/c29-27-24-11-8-22(16-20(24)12-13-30-27)33-26-19-6-9-23(10-7-19)36-14-2-5-25(34)32-21-4-1-3-18(15-21)17-31-28(26)35/h1,3-4,6-9,11-13,15-16,19,26,33H,2,5,14,17H2,(H2,29,30)(H,31,35)(H,32,34). The highest BCUT2D eigenvalue weighted by atomic mass is 16.5. The minimum absolute atomic E-state index is 0.0786. The summed E-state index contributed by atoms with van der Waals surface area (Å²) < 4.78 is 5.76. The smallest absolute Gasteiger partial charge is 0.243 e.